The van der Waals surface area contributed by atoms with Crippen molar-refractivity contribution in [2.24, 2.45) is 5.92 Å². The predicted molar refractivity (Wildman–Crippen MR) is 105 cm³/mol. The Balaban J connectivity index is 0.000000318. The van der Waals surface area contributed by atoms with Gasteiger partial charge in [-0.25, -0.2) is 14.8 Å². The molecule has 2 aliphatic rings. The third kappa shape index (κ3) is 6.38. The van der Waals surface area contributed by atoms with Gasteiger partial charge in [-0.1, -0.05) is 0 Å². The summed E-state index contributed by atoms with van der Waals surface area (Å²) in [5.74, 6) is -1.36. The van der Waals surface area contributed by atoms with Crippen molar-refractivity contribution in [2.75, 3.05) is 37.7 Å². The molecule has 2 atom stereocenters. The number of nitrogens with zero attached hydrogens (tertiary/aromatic N) is 4. The lowest BCUT2D eigenvalue weighted by atomic mass is 9.93. The number of fused-ring (bicyclic) bond motifs is 1. The maximum Gasteiger partial charge on any atom is 0.490 e. The molecule has 0 bridgehead atoms. The van der Waals surface area contributed by atoms with Crippen LogP contribution in [0.2, 0.25) is 0 Å². The number of alkyl halides is 3. The molecule has 11 heteroatoms. The molecular formula is C19H23F3N4O3S. The van der Waals surface area contributed by atoms with Gasteiger partial charge in [0.15, 0.2) is 0 Å². The van der Waals surface area contributed by atoms with E-state index in [9.17, 15) is 13.2 Å². The van der Waals surface area contributed by atoms with E-state index in [0.717, 1.165) is 45.3 Å². The van der Waals surface area contributed by atoms with Crippen molar-refractivity contribution in [1.82, 2.24) is 14.9 Å². The molecule has 2 aliphatic heterocycles. The number of carboxylic acid groups (broad SMARTS) is 1. The lowest BCUT2D eigenvalue weighted by molar-refractivity contribution is -0.192. The molecule has 0 saturated carbocycles. The smallest absolute Gasteiger partial charge is 0.475 e. The van der Waals surface area contributed by atoms with Crippen LogP contribution in [0.15, 0.2) is 35.3 Å². The van der Waals surface area contributed by atoms with Gasteiger partial charge in [-0.05, 0) is 41.4 Å². The fourth-order valence-electron chi connectivity index (χ4n) is 3.54. The first-order chi connectivity index (χ1) is 14.3. The number of carbonyl (C=O) groups is 1. The lowest BCUT2D eigenvalue weighted by Gasteiger charge is -2.37. The highest BCUT2D eigenvalue weighted by Crippen LogP contribution is 2.26. The Morgan fingerprint density at radius 2 is 2.00 bits per heavy atom. The second-order valence-electron chi connectivity index (χ2n) is 7.12. The summed E-state index contributed by atoms with van der Waals surface area (Å²) in [6, 6.07) is 4.09. The van der Waals surface area contributed by atoms with E-state index in [1.165, 1.54) is 12.0 Å². The van der Waals surface area contributed by atoms with E-state index in [2.05, 4.69) is 36.6 Å². The molecule has 1 N–H and O–H groups in total. The van der Waals surface area contributed by atoms with Crippen molar-refractivity contribution in [3.8, 4) is 0 Å². The zero-order chi connectivity index (χ0) is 21.6. The van der Waals surface area contributed by atoms with Crippen LogP contribution < -0.4 is 4.90 Å². The molecule has 164 valence electrons. The fourth-order valence-corrected chi connectivity index (χ4v) is 4.20. The van der Waals surface area contributed by atoms with Crippen LogP contribution in [0.25, 0.3) is 0 Å². The van der Waals surface area contributed by atoms with Gasteiger partial charge >= 0.3 is 12.1 Å². The van der Waals surface area contributed by atoms with Gasteiger partial charge in [0.25, 0.3) is 0 Å². The Hall–Kier alpha value is -2.24. The summed E-state index contributed by atoms with van der Waals surface area (Å²) in [5.41, 5.74) is 1.42. The number of hydrogen-bond donors (Lipinski definition) is 1. The lowest BCUT2D eigenvalue weighted by Crippen LogP contribution is -2.46. The molecular weight excluding hydrogens is 421 g/mol. The molecule has 2 aromatic heterocycles. The minimum atomic E-state index is -5.08. The molecule has 0 spiro atoms. The van der Waals surface area contributed by atoms with Crippen LogP contribution in [0.3, 0.4) is 0 Å². The summed E-state index contributed by atoms with van der Waals surface area (Å²) in [4.78, 5) is 22.5. The number of piperidine rings is 1. The van der Waals surface area contributed by atoms with E-state index in [-0.39, 0.29) is 0 Å². The molecule has 2 fully saturated rings. The zero-order valence-corrected chi connectivity index (χ0v) is 17.0. The van der Waals surface area contributed by atoms with Gasteiger partial charge in [0.2, 0.25) is 5.95 Å². The van der Waals surface area contributed by atoms with E-state index in [1.54, 1.807) is 11.3 Å². The van der Waals surface area contributed by atoms with E-state index in [4.69, 9.17) is 14.6 Å². The third-order valence-electron chi connectivity index (χ3n) is 4.99. The largest absolute Gasteiger partial charge is 0.490 e. The normalized spacial score (nSPS) is 22.4. The van der Waals surface area contributed by atoms with Gasteiger partial charge in [0.1, 0.15) is 0 Å². The summed E-state index contributed by atoms with van der Waals surface area (Å²) < 4.78 is 37.9. The van der Waals surface area contributed by atoms with E-state index in [1.807, 2.05) is 18.5 Å². The van der Waals surface area contributed by atoms with Crippen LogP contribution in [-0.4, -0.2) is 71.0 Å². The Morgan fingerprint density at radius 1 is 1.27 bits per heavy atom. The van der Waals surface area contributed by atoms with Crippen LogP contribution in [0.5, 0.6) is 0 Å². The van der Waals surface area contributed by atoms with Crippen LogP contribution >= 0.6 is 11.3 Å². The summed E-state index contributed by atoms with van der Waals surface area (Å²) in [7, 11) is 0. The molecule has 2 unspecified atom stereocenters. The van der Waals surface area contributed by atoms with Gasteiger partial charge in [-0.2, -0.15) is 24.5 Å². The first kappa shape index (κ1) is 22.4. The van der Waals surface area contributed by atoms with Crippen LogP contribution in [0.4, 0.5) is 19.1 Å². The fraction of sp³-hybridized carbons (Fsp3) is 0.526. The maximum absolute atomic E-state index is 10.6. The van der Waals surface area contributed by atoms with Gasteiger partial charge in [-0.3, -0.25) is 4.90 Å². The van der Waals surface area contributed by atoms with Gasteiger partial charge < -0.3 is 14.7 Å². The molecule has 2 saturated heterocycles. The molecule has 0 aliphatic carbocycles. The highest BCUT2D eigenvalue weighted by Gasteiger charge is 2.38. The van der Waals surface area contributed by atoms with Crippen LogP contribution in [0, 0.1) is 5.92 Å². The Kier molecular flexibility index (Phi) is 7.62. The molecule has 7 nitrogen and oxygen atoms in total. The number of thiophene rings is 1. The van der Waals surface area contributed by atoms with E-state index < -0.39 is 12.1 Å². The number of anilines is 1. The molecule has 2 aromatic rings. The number of aromatic nitrogens is 2. The molecule has 0 radical (unpaired) electrons. The highest BCUT2D eigenvalue weighted by molar-refractivity contribution is 7.07. The second-order valence-corrected chi connectivity index (χ2v) is 7.90. The highest BCUT2D eigenvalue weighted by atomic mass is 32.1. The average molecular weight is 444 g/mol. The van der Waals surface area contributed by atoms with Gasteiger partial charge in [0, 0.05) is 44.5 Å². The van der Waals surface area contributed by atoms with Crippen molar-refractivity contribution in [2.45, 2.75) is 25.2 Å². The summed E-state index contributed by atoms with van der Waals surface area (Å²) in [6.45, 7) is 5.85. The van der Waals surface area contributed by atoms with E-state index >= 15 is 0 Å². The van der Waals surface area contributed by atoms with Crippen molar-refractivity contribution in [3.63, 3.8) is 0 Å². The Bertz CT molecular complexity index is 792. The molecule has 0 amide bonds. The van der Waals surface area contributed by atoms with E-state index in [0.29, 0.717) is 12.0 Å². The van der Waals surface area contributed by atoms with Crippen molar-refractivity contribution in [1.29, 1.82) is 0 Å². The number of halogens is 3. The number of carboxylic acids is 1. The maximum atomic E-state index is 10.6. The van der Waals surface area contributed by atoms with Crippen LogP contribution in [-0.2, 0) is 16.1 Å². The quantitative estimate of drug-likeness (QED) is 0.780. The van der Waals surface area contributed by atoms with Crippen molar-refractivity contribution < 1.29 is 27.8 Å². The summed E-state index contributed by atoms with van der Waals surface area (Å²) in [5, 5.41) is 11.5. The van der Waals surface area contributed by atoms with Gasteiger partial charge in [0.05, 0.1) is 12.7 Å². The molecule has 4 heterocycles. The SMILES string of the molecule is O=C(O)C(F)(F)F.c1cnc(N2CCOC3CN(Cc4ccsc4)CCC3C2)nc1. The first-order valence-electron chi connectivity index (χ1n) is 9.50. The number of likely N-dealkylation sites (tertiary alicyclic amines) is 1. The standard InChI is InChI=1S/C17H22N4OS.C2HF3O2/c1-4-18-17(19-5-1)21-7-8-22-16-12-20(6-2-15(16)11-21)10-14-3-9-23-13-14;3-2(4,5)1(6)7/h1,3-5,9,13,15-16H,2,6-8,10-12H2;(H,6,7). The predicted octanol–water partition coefficient (Wildman–Crippen LogP) is 2.90. The third-order valence-corrected chi connectivity index (χ3v) is 5.72. The average Bonchev–Trinajstić information content (AvgIpc) is 3.13. The second kappa shape index (κ2) is 10.2. The number of aliphatic carboxylic acids is 1. The molecule has 30 heavy (non-hydrogen) atoms. The minimum absolute atomic E-state index is 0.330. The number of hydrogen-bond acceptors (Lipinski definition) is 7. The van der Waals surface area contributed by atoms with Gasteiger partial charge in [-0.15, -0.1) is 0 Å². The number of ether oxygens (including phenoxy) is 1. The van der Waals surface area contributed by atoms with Crippen molar-refractivity contribution >= 4 is 23.3 Å². The Labute approximate surface area is 176 Å². The summed E-state index contributed by atoms with van der Waals surface area (Å²) >= 11 is 1.77. The molecule has 4 rings (SSSR count). The number of rotatable bonds is 3. The minimum Gasteiger partial charge on any atom is -0.475 e. The Morgan fingerprint density at radius 3 is 2.63 bits per heavy atom. The van der Waals surface area contributed by atoms with Crippen LogP contribution in [0.1, 0.15) is 12.0 Å². The topological polar surface area (TPSA) is 78.8 Å². The first-order valence-corrected chi connectivity index (χ1v) is 10.4. The monoisotopic (exact) mass is 444 g/mol. The van der Waals surface area contributed by atoms with Crippen molar-refractivity contribution in [3.05, 3.63) is 40.8 Å². The zero-order valence-electron chi connectivity index (χ0n) is 16.2. The molecule has 0 aromatic carbocycles. The summed E-state index contributed by atoms with van der Waals surface area (Å²) in [6.07, 6.45) is 0.0541.